The van der Waals surface area contributed by atoms with Crippen molar-refractivity contribution < 1.29 is 33.6 Å². The standard InChI is InChI=1S/C33H56O7/c1-5-6-21-33(2,3)29(40-32-18-12-14-23-38-32)20-19-26-25(15-9-7-8-10-16-30(35)36-4)27(34)24-28(26)39-31-17-11-13-22-37-31/h7,9,19-20,25-29,31-32,34H,5-6,8,10-18,21-24H2,1-4H3/b9-7-,20-19+/t25-,26-,27-,28-,29-,31?,32?/m1/s1. The summed E-state index contributed by atoms with van der Waals surface area (Å²) in [6, 6.07) is 0. The summed E-state index contributed by atoms with van der Waals surface area (Å²) >= 11 is 0. The topological polar surface area (TPSA) is 83.5 Å². The Hall–Kier alpha value is -1.25. The molecule has 0 radical (unpaired) electrons. The molecule has 0 spiro atoms. The molecule has 0 amide bonds. The van der Waals surface area contributed by atoms with Gasteiger partial charge in [0, 0.05) is 32.0 Å². The van der Waals surface area contributed by atoms with Crippen LogP contribution in [0.4, 0.5) is 0 Å². The van der Waals surface area contributed by atoms with Gasteiger partial charge in [-0.25, -0.2) is 0 Å². The van der Waals surface area contributed by atoms with Crippen molar-refractivity contribution in [3.8, 4) is 0 Å². The fourth-order valence-electron chi connectivity index (χ4n) is 6.16. The SMILES string of the molecule is CCCCC(C)(C)[C@@H](/C=C/[C@@H]1[C@@H](C/C=C\CCCC(=O)OC)[C@H](O)C[C@H]1OC1CCCCO1)OC1CCCCO1. The Labute approximate surface area is 243 Å². The zero-order valence-corrected chi connectivity index (χ0v) is 25.6. The highest BCUT2D eigenvalue weighted by Crippen LogP contribution is 2.41. The zero-order valence-electron chi connectivity index (χ0n) is 25.6. The van der Waals surface area contributed by atoms with Gasteiger partial charge in [-0.3, -0.25) is 4.79 Å². The summed E-state index contributed by atoms with van der Waals surface area (Å²) in [7, 11) is 1.42. The lowest BCUT2D eigenvalue weighted by Crippen LogP contribution is -2.37. The molecular weight excluding hydrogens is 508 g/mol. The maximum atomic E-state index is 11.4. The summed E-state index contributed by atoms with van der Waals surface area (Å²) in [6.45, 7) is 8.32. The fraction of sp³-hybridized carbons (Fsp3) is 0.848. The van der Waals surface area contributed by atoms with Gasteiger partial charge in [0.1, 0.15) is 0 Å². The molecule has 1 aliphatic carbocycles. The number of carbonyl (C=O) groups is 1. The summed E-state index contributed by atoms with van der Waals surface area (Å²) < 4.78 is 29.8. The molecule has 1 saturated carbocycles. The second-order valence-electron chi connectivity index (χ2n) is 12.5. The minimum Gasteiger partial charge on any atom is -0.469 e. The second kappa shape index (κ2) is 17.6. The Morgan fingerprint density at radius 3 is 2.42 bits per heavy atom. The van der Waals surface area contributed by atoms with E-state index in [2.05, 4.69) is 45.1 Å². The minimum absolute atomic E-state index is 0.0393. The number of allylic oxidation sites excluding steroid dienone is 2. The maximum absolute atomic E-state index is 11.4. The van der Waals surface area contributed by atoms with Crippen LogP contribution in [-0.2, 0) is 28.5 Å². The smallest absolute Gasteiger partial charge is 0.305 e. The summed E-state index contributed by atoms with van der Waals surface area (Å²) in [5.74, 6) is -0.0698. The molecule has 0 aromatic rings. The molecule has 2 saturated heterocycles. The Kier molecular flexibility index (Phi) is 14.7. The fourth-order valence-corrected chi connectivity index (χ4v) is 6.16. The van der Waals surface area contributed by atoms with Gasteiger partial charge >= 0.3 is 5.97 Å². The van der Waals surface area contributed by atoms with Gasteiger partial charge in [-0.15, -0.1) is 0 Å². The van der Waals surface area contributed by atoms with Crippen molar-refractivity contribution in [3.63, 3.8) is 0 Å². The lowest BCUT2D eigenvalue weighted by atomic mass is 9.80. The van der Waals surface area contributed by atoms with Gasteiger partial charge in [0.15, 0.2) is 12.6 Å². The summed E-state index contributed by atoms with van der Waals surface area (Å²) in [5, 5.41) is 11.2. The third-order valence-corrected chi connectivity index (χ3v) is 8.80. The highest BCUT2D eigenvalue weighted by Gasteiger charge is 2.43. The second-order valence-corrected chi connectivity index (χ2v) is 12.5. The minimum atomic E-state index is -0.447. The van der Waals surface area contributed by atoms with Gasteiger partial charge in [-0.1, -0.05) is 57.9 Å². The number of unbranched alkanes of at least 4 members (excludes halogenated alkanes) is 2. The van der Waals surface area contributed by atoms with Crippen molar-refractivity contribution >= 4 is 5.97 Å². The molecule has 7 nitrogen and oxygen atoms in total. The van der Waals surface area contributed by atoms with Crippen molar-refractivity contribution in [1.82, 2.24) is 0 Å². The van der Waals surface area contributed by atoms with Crippen LogP contribution in [0, 0.1) is 17.3 Å². The maximum Gasteiger partial charge on any atom is 0.305 e. The molecule has 0 aromatic heterocycles. The normalized spacial score (nSPS) is 30.7. The molecule has 0 bridgehead atoms. The molecule has 2 aliphatic heterocycles. The van der Waals surface area contributed by atoms with Crippen LogP contribution in [0.15, 0.2) is 24.3 Å². The molecule has 3 fully saturated rings. The number of rotatable bonds is 16. The van der Waals surface area contributed by atoms with Crippen LogP contribution < -0.4 is 0 Å². The van der Waals surface area contributed by atoms with Crippen LogP contribution >= 0.6 is 0 Å². The van der Waals surface area contributed by atoms with Crippen LogP contribution in [0.1, 0.15) is 111 Å². The van der Waals surface area contributed by atoms with E-state index in [0.717, 1.165) is 90.3 Å². The average Bonchev–Trinajstić information content (AvgIpc) is 3.25. The number of methoxy groups -OCH3 is 1. The van der Waals surface area contributed by atoms with Gasteiger partial charge in [0.05, 0.1) is 25.4 Å². The van der Waals surface area contributed by atoms with Gasteiger partial charge in [-0.05, 0) is 75.5 Å². The number of hydrogen-bond acceptors (Lipinski definition) is 7. The van der Waals surface area contributed by atoms with E-state index in [1.165, 1.54) is 7.11 Å². The molecule has 7 atom stereocenters. The monoisotopic (exact) mass is 564 g/mol. The van der Waals surface area contributed by atoms with Crippen molar-refractivity contribution in [2.75, 3.05) is 20.3 Å². The van der Waals surface area contributed by atoms with E-state index >= 15 is 0 Å². The van der Waals surface area contributed by atoms with Crippen molar-refractivity contribution in [3.05, 3.63) is 24.3 Å². The number of esters is 1. The van der Waals surface area contributed by atoms with Crippen molar-refractivity contribution in [1.29, 1.82) is 0 Å². The van der Waals surface area contributed by atoms with Gasteiger partial charge in [-0.2, -0.15) is 0 Å². The summed E-state index contributed by atoms with van der Waals surface area (Å²) in [4.78, 5) is 11.4. The first kappa shape index (κ1) is 33.3. The first-order valence-corrected chi connectivity index (χ1v) is 16.0. The van der Waals surface area contributed by atoms with Crippen LogP contribution in [-0.4, -0.2) is 62.3 Å². The number of carbonyl (C=O) groups excluding carboxylic acids is 1. The van der Waals surface area contributed by atoms with Crippen molar-refractivity contribution in [2.45, 2.75) is 142 Å². The zero-order chi connectivity index (χ0) is 28.8. The number of hydrogen-bond donors (Lipinski definition) is 1. The Morgan fingerprint density at radius 2 is 1.77 bits per heavy atom. The number of ether oxygens (including phenoxy) is 5. The number of aliphatic hydroxyl groups is 1. The lowest BCUT2D eigenvalue weighted by molar-refractivity contribution is -0.198. The van der Waals surface area contributed by atoms with E-state index in [4.69, 9.17) is 23.7 Å². The highest BCUT2D eigenvalue weighted by atomic mass is 16.7. The quantitative estimate of drug-likeness (QED) is 0.124. The van der Waals surface area contributed by atoms with E-state index in [-0.39, 0.29) is 48.0 Å². The summed E-state index contributed by atoms with van der Waals surface area (Å²) in [5.41, 5.74) is -0.0393. The molecule has 40 heavy (non-hydrogen) atoms. The largest absolute Gasteiger partial charge is 0.469 e. The van der Waals surface area contributed by atoms with Crippen molar-refractivity contribution in [2.24, 2.45) is 17.3 Å². The molecule has 2 unspecified atom stereocenters. The van der Waals surface area contributed by atoms with Gasteiger partial charge in [0.2, 0.25) is 0 Å². The summed E-state index contributed by atoms with van der Waals surface area (Å²) in [6.07, 6.45) is 20.8. The van der Waals surface area contributed by atoms with Crippen LogP contribution in [0.3, 0.4) is 0 Å². The lowest BCUT2D eigenvalue weighted by Gasteiger charge is -2.36. The average molecular weight is 565 g/mol. The van der Waals surface area contributed by atoms with E-state index in [1.54, 1.807) is 0 Å². The molecule has 2 heterocycles. The van der Waals surface area contributed by atoms with E-state index < -0.39 is 6.10 Å². The first-order valence-electron chi connectivity index (χ1n) is 16.0. The first-order chi connectivity index (χ1) is 19.3. The third kappa shape index (κ3) is 10.9. The van der Waals surface area contributed by atoms with E-state index in [0.29, 0.717) is 12.8 Å². The molecule has 3 aliphatic rings. The Balaban J connectivity index is 1.74. The third-order valence-electron chi connectivity index (χ3n) is 8.80. The Bertz CT molecular complexity index is 767. The predicted molar refractivity (Wildman–Crippen MR) is 157 cm³/mol. The predicted octanol–water partition coefficient (Wildman–Crippen LogP) is 6.87. The van der Waals surface area contributed by atoms with Crippen LogP contribution in [0.5, 0.6) is 0 Å². The van der Waals surface area contributed by atoms with Gasteiger partial charge in [0.25, 0.3) is 0 Å². The highest BCUT2D eigenvalue weighted by molar-refractivity contribution is 5.69. The van der Waals surface area contributed by atoms with Crippen LogP contribution in [0.25, 0.3) is 0 Å². The molecule has 7 heteroatoms. The molecule has 0 aromatic carbocycles. The van der Waals surface area contributed by atoms with Gasteiger partial charge < -0.3 is 28.8 Å². The molecular formula is C33H56O7. The Morgan fingerprint density at radius 1 is 1.05 bits per heavy atom. The van der Waals surface area contributed by atoms with E-state index in [1.807, 2.05) is 0 Å². The number of aliphatic hydroxyl groups excluding tert-OH is 1. The van der Waals surface area contributed by atoms with E-state index in [9.17, 15) is 9.90 Å². The molecule has 230 valence electrons. The molecule has 3 rings (SSSR count). The van der Waals surface area contributed by atoms with Crippen LogP contribution in [0.2, 0.25) is 0 Å². The molecule has 1 N–H and O–H groups in total.